The summed E-state index contributed by atoms with van der Waals surface area (Å²) in [6, 6.07) is 6.13. The summed E-state index contributed by atoms with van der Waals surface area (Å²) < 4.78 is 28.8. The zero-order chi connectivity index (χ0) is 16.8. The molecule has 124 valence electrons. The molecule has 0 aliphatic heterocycles. The lowest BCUT2D eigenvalue weighted by Crippen LogP contribution is -2.37. The molecule has 0 saturated heterocycles. The molecule has 1 N–H and O–H groups in total. The van der Waals surface area contributed by atoms with Gasteiger partial charge in [0.2, 0.25) is 0 Å². The van der Waals surface area contributed by atoms with Gasteiger partial charge in [-0.05, 0) is 36.6 Å². The molecule has 1 aromatic carbocycles. The highest BCUT2D eigenvalue weighted by Crippen LogP contribution is 2.13. The summed E-state index contributed by atoms with van der Waals surface area (Å²) in [5.74, 6) is 0.101. The first-order valence-corrected chi connectivity index (χ1v) is 9.09. The number of benzene rings is 1. The first-order valence-electron chi connectivity index (χ1n) is 7.44. The van der Waals surface area contributed by atoms with E-state index in [1.807, 2.05) is 6.92 Å². The minimum atomic E-state index is -3.36. The second kappa shape index (κ2) is 8.29. The Morgan fingerprint density at radius 2 is 1.82 bits per heavy atom. The smallest absolute Gasteiger partial charge is 0.251 e. The Balaban J connectivity index is 2.82. The monoisotopic (exact) mass is 327 g/mol. The fourth-order valence-electron chi connectivity index (χ4n) is 2.12. The van der Waals surface area contributed by atoms with Crippen LogP contribution in [0, 0.1) is 5.92 Å². The molecule has 5 nitrogen and oxygen atoms in total. The Hall–Kier alpha value is -1.40. The number of sulfone groups is 1. The van der Waals surface area contributed by atoms with Crippen molar-refractivity contribution in [3.63, 3.8) is 0 Å². The molecular formula is C16H25NO4S. The number of hydrogen-bond acceptors (Lipinski definition) is 4. The van der Waals surface area contributed by atoms with Crippen molar-refractivity contribution in [3.8, 4) is 0 Å². The Kier molecular flexibility index (Phi) is 7.03. The molecule has 0 aliphatic rings. The third-order valence-electron chi connectivity index (χ3n) is 3.59. The van der Waals surface area contributed by atoms with Crippen LogP contribution in [-0.2, 0) is 14.6 Å². The van der Waals surface area contributed by atoms with E-state index in [2.05, 4.69) is 19.2 Å². The first-order chi connectivity index (χ1) is 10.3. The van der Waals surface area contributed by atoms with Gasteiger partial charge < -0.3 is 10.1 Å². The minimum absolute atomic E-state index is 0.0691. The normalized spacial score (nSPS) is 13.1. The third kappa shape index (κ3) is 5.10. The molecule has 0 unspecified atom stereocenters. The fraction of sp³-hybridized carbons (Fsp3) is 0.562. The van der Waals surface area contributed by atoms with Gasteiger partial charge >= 0.3 is 0 Å². The number of methoxy groups -OCH3 is 1. The molecule has 0 fully saturated rings. The lowest BCUT2D eigenvalue weighted by atomic mass is 10.0. The molecule has 0 aromatic heterocycles. The Morgan fingerprint density at radius 1 is 1.23 bits per heavy atom. The maximum absolute atomic E-state index is 12.2. The molecule has 0 spiro atoms. The van der Waals surface area contributed by atoms with Gasteiger partial charge in [-0.25, -0.2) is 8.42 Å². The van der Waals surface area contributed by atoms with Crippen LogP contribution in [0.15, 0.2) is 29.2 Å². The largest absolute Gasteiger partial charge is 0.384 e. The molecule has 0 heterocycles. The number of nitrogens with one attached hydrogen (secondary N) is 1. The van der Waals surface area contributed by atoms with E-state index in [-0.39, 0.29) is 29.2 Å². The first kappa shape index (κ1) is 18.6. The van der Waals surface area contributed by atoms with Crippen molar-refractivity contribution >= 4 is 15.7 Å². The summed E-state index contributed by atoms with van der Waals surface area (Å²) in [4.78, 5) is 12.4. The molecule has 22 heavy (non-hydrogen) atoms. The van der Waals surface area contributed by atoms with Crippen LogP contribution >= 0.6 is 0 Å². The van der Waals surface area contributed by atoms with Crippen LogP contribution in [0.1, 0.15) is 37.6 Å². The molecule has 0 bridgehead atoms. The van der Waals surface area contributed by atoms with Crippen LogP contribution in [0.25, 0.3) is 0 Å². The van der Waals surface area contributed by atoms with E-state index in [1.54, 1.807) is 12.1 Å². The summed E-state index contributed by atoms with van der Waals surface area (Å²) in [6.45, 7) is 6.29. The van der Waals surface area contributed by atoms with Crippen LogP contribution < -0.4 is 5.32 Å². The van der Waals surface area contributed by atoms with Crippen molar-refractivity contribution < 1.29 is 17.9 Å². The van der Waals surface area contributed by atoms with Gasteiger partial charge in [0, 0.05) is 18.7 Å². The Bertz CT molecular complexity index is 579. The van der Waals surface area contributed by atoms with E-state index < -0.39 is 9.84 Å². The Morgan fingerprint density at radius 3 is 2.27 bits per heavy atom. The van der Waals surface area contributed by atoms with Crippen LogP contribution in [0.4, 0.5) is 0 Å². The second-order valence-electron chi connectivity index (χ2n) is 5.57. The van der Waals surface area contributed by atoms with Gasteiger partial charge in [0.1, 0.15) is 0 Å². The second-order valence-corrected chi connectivity index (χ2v) is 7.68. The number of amides is 1. The molecule has 0 radical (unpaired) electrons. The number of ether oxygens (including phenoxy) is 1. The lowest BCUT2D eigenvalue weighted by molar-refractivity contribution is 0.0924. The van der Waals surface area contributed by atoms with Gasteiger partial charge in [-0.15, -0.1) is 0 Å². The number of hydrogen-bond donors (Lipinski definition) is 1. The summed E-state index contributed by atoms with van der Waals surface area (Å²) >= 11 is 0. The molecule has 6 heteroatoms. The zero-order valence-electron chi connectivity index (χ0n) is 13.6. The van der Waals surface area contributed by atoms with Crippen molar-refractivity contribution in [2.45, 2.75) is 38.1 Å². The van der Waals surface area contributed by atoms with Crippen LogP contribution in [0.3, 0.4) is 0 Å². The topological polar surface area (TPSA) is 72.5 Å². The van der Waals surface area contributed by atoms with E-state index >= 15 is 0 Å². The standard InChI is InChI=1S/C16H25NO4S/c1-5-15(12(2)3)17-16(18)13-6-8-14(9-7-13)22(19,20)11-10-21-4/h6-9,12,15H,5,10-11H2,1-4H3,(H,17,18)/t15-/m0/s1. The summed E-state index contributed by atoms with van der Waals surface area (Å²) in [6.07, 6.45) is 0.854. The molecule has 1 aromatic rings. The molecule has 1 rings (SSSR count). The SMILES string of the molecule is CC[C@H](NC(=O)c1ccc(S(=O)(=O)CCOC)cc1)C(C)C. The summed E-state index contributed by atoms with van der Waals surface area (Å²) in [7, 11) is -1.90. The summed E-state index contributed by atoms with van der Waals surface area (Å²) in [5, 5.41) is 2.97. The molecule has 1 atom stereocenters. The third-order valence-corrected chi connectivity index (χ3v) is 5.29. The van der Waals surface area contributed by atoms with E-state index in [0.717, 1.165) is 6.42 Å². The highest BCUT2D eigenvalue weighted by molar-refractivity contribution is 7.91. The van der Waals surface area contributed by atoms with Crippen molar-refractivity contribution in [1.82, 2.24) is 5.32 Å². The maximum Gasteiger partial charge on any atom is 0.251 e. The van der Waals surface area contributed by atoms with E-state index in [0.29, 0.717) is 11.5 Å². The molecular weight excluding hydrogens is 302 g/mol. The van der Waals surface area contributed by atoms with Gasteiger partial charge in [-0.3, -0.25) is 4.79 Å². The number of carbonyl (C=O) groups is 1. The zero-order valence-corrected chi connectivity index (χ0v) is 14.4. The van der Waals surface area contributed by atoms with Gasteiger partial charge in [0.25, 0.3) is 5.91 Å². The highest BCUT2D eigenvalue weighted by Gasteiger charge is 2.17. The van der Waals surface area contributed by atoms with Crippen molar-refractivity contribution in [2.24, 2.45) is 5.92 Å². The van der Waals surface area contributed by atoms with Crippen molar-refractivity contribution in [3.05, 3.63) is 29.8 Å². The minimum Gasteiger partial charge on any atom is -0.384 e. The van der Waals surface area contributed by atoms with E-state index in [4.69, 9.17) is 4.74 Å². The maximum atomic E-state index is 12.2. The van der Waals surface area contributed by atoms with Crippen molar-refractivity contribution in [2.75, 3.05) is 19.5 Å². The fourth-order valence-corrected chi connectivity index (χ4v) is 3.29. The van der Waals surface area contributed by atoms with Gasteiger partial charge in [0.05, 0.1) is 17.3 Å². The molecule has 1 amide bonds. The predicted molar refractivity (Wildman–Crippen MR) is 86.8 cm³/mol. The highest BCUT2D eigenvalue weighted by atomic mass is 32.2. The quantitative estimate of drug-likeness (QED) is 0.795. The van der Waals surface area contributed by atoms with Gasteiger partial charge in [0.15, 0.2) is 9.84 Å². The number of carbonyl (C=O) groups excluding carboxylic acids is 1. The lowest BCUT2D eigenvalue weighted by Gasteiger charge is -2.20. The van der Waals surface area contributed by atoms with Crippen LogP contribution in [0.5, 0.6) is 0 Å². The van der Waals surface area contributed by atoms with E-state index in [1.165, 1.54) is 19.2 Å². The van der Waals surface area contributed by atoms with Crippen molar-refractivity contribution in [1.29, 1.82) is 0 Å². The van der Waals surface area contributed by atoms with Gasteiger partial charge in [-0.1, -0.05) is 20.8 Å². The Labute approximate surface area is 133 Å². The van der Waals surface area contributed by atoms with Crippen LogP contribution in [0.2, 0.25) is 0 Å². The van der Waals surface area contributed by atoms with Crippen LogP contribution in [-0.4, -0.2) is 39.8 Å². The molecule has 0 aliphatic carbocycles. The molecule has 0 saturated carbocycles. The van der Waals surface area contributed by atoms with Gasteiger partial charge in [-0.2, -0.15) is 0 Å². The predicted octanol–water partition coefficient (Wildman–Crippen LogP) is 2.27. The average Bonchev–Trinajstić information content (AvgIpc) is 2.50. The average molecular weight is 327 g/mol. The van der Waals surface area contributed by atoms with E-state index in [9.17, 15) is 13.2 Å². The number of rotatable bonds is 8. The summed E-state index contributed by atoms with van der Waals surface area (Å²) in [5.41, 5.74) is 0.463.